The van der Waals surface area contributed by atoms with E-state index in [1.165, 1.54) is 11.3 Å². The topological polar surface area (TPSA) is 58.7 Å². The van der Waals surface area contributed by atoms with Gasteiger partial charge in [-0.25, -0.2) is 0 Å². The molecule has 0 saturated heterocycles. The minimum atomic E-state index is -0.341. The van der Waals surface area contributed by atoms with Crippen molar-refractivity contribution in [3.63, 3.8) is 0 Å². The van der Waals surface area contributed by atoms with Gasteiger partial charge in [-0.3, -0.25) is 9.79 Å². The van der Waals surface area contributed by atoms with Crippen molar-refractivity contribution in [1.29, 1.82) is 0 Å². The second-order valence-electron chi connectivity index (χ2n) is 7.26. The zero-order chi connectivity index (χ0) is 21.7. The Balaban J connectivity index is 2.14. The maximum atomic E-state index is 11.3. The number of amides is 1. The lowest BCUT2D eigenvalue weighted by molar-refractivity contribution is -0.117. The Morgan fingerprint density at radius 1 is 1.03 bits per heavy atom. The summed E-state index contributed by atoms with van der Waals surface area (Å²) in [5.41, 5.74) is 10.7. The molecule has 0 bridgehead atoms. The van der Waals surface area contributed by atoms with Crippen LogP contribution in [0.5, 0.6) is 0 Å². The van der Waals surface area contributed by atoms with Crippen LogP contribution in [-0.4, -0.2) is 31.3 Å². The van der Waals surface area contributed by atoms with Gasteiger partial charge in [0.15, 0.2) is 0 Å². The van der Waals surface area contributed by atoms with Gasteiger partial charge in [0.2, 0.25) is 5.91 Å². The summed E-state index contributed by atoms with van der Waals surface area (Å²) in [6.07, 6.45) is 0.231. The van der Waals surface area contributed by atoms with Crippen LogP contribution in [0.4, 0.5) is 5.69 Å². The van der Waals surface area contributed by atoms with E-state index in [-0.39, 0.29) is 12.3 Å². The second kappa shape index (κ2) is 9.90. The van der Waals surface area contributed by atoms with Crippen LogP contribution in [-0.2, 0) is 4.79 Å². The first kappa shape index (κ1) is 22.0. The number of hydrogen-bond donors (Lipinski definition) is 1. The molecule has 3 rings (SSSR count). The van der Waals surface area contributed by atoms with E-state index in [0.717, 1.165) is 45.2 Å². The molecule has 1 amide bonds. The van der Waals surface area contributed by atoms with Crippen molar-refractivity contribution in [3.05, 3.63) is 75.8 Å². The van der Waals surface area contributed by atoms with Crippen LogP contribution in [0.25, 0.3) is 10.8 Å². The summed E-state index contributed by atoms with van der Waals surface area (Å²) in [6.45, 7) is 8.72. The molecule has 3 aromatic rings. The molecule has 0 saturated carbocycles. The Morgan fingerprint density at radius 3 is 2.37 bits per heavy atom. The van der Waals surface area contributed by atoms with Crippen LogP contribution in [0.3, 0.4) is 0 Å². The molecule has 0 radical (unpaired) electrons. The Labute approximate surface area is 186 Å². The van der Waals surface area contributed by atoms with Gasteiger partial charge in [-0.05, 0) is 55.3 Å². The first-order valence-electron chi connectivity index (χ1n) is 10.3. The van der Waals surface area contributed by atoms with E-state index in [0.29, 0.717) is 6.54 Å². The number of carbonyl (C=O) groups excluding carboxylic acids is 1. The standard InChI is InChI=1S/C25H28BrN3O/c1-4-29(5-2)19-12-10-18(11-13-19)25(28-16-15-23(27)30)21-8-6-7-20-22(26)14-9-17(3)24(20)21/h6-14H,4-5,15-16H2,1-3H3,(H2,27,30). The molecule has 5 heteroatoms. The molecule has 0 aliphatic rings. The molecule has 3 aromatic carbocycles. The number of nitrogens with zero attached hydrogens (tertiary/aromatic N) is 2. The van der Waals surface area contributed by atoms with Crippen LogP contribution in [0.1, 0.15) is 37.0 Å². The SMILES string of the molecule is CCN(CC)c1ccc(C(=NCCC(N)=O)c2cccc3c(Br)ccc(C)c23)cc1. The summed E-state index contributed by atoms with van der Waals surface area (Å²) in [5.74, 6) is -0.341. The zero-order valence-electron chi connectivity index (χ0n) is 17.8. The highest BCUT2D eigenvalue weighted by atomic mass is 79.9. The molecule has 0 aliphatic heterocycles. The molecule has 0 aromatic heterocycles. The molecule has 0 unspecified atom stereocenters. The quantitative estimate of drug-likeness (QED) is 0.448. The van der Waals surface area contributed by atoms with E-state index in [1.807, 2.05) is 0 Å². The van der Waals surface area contributed by atoms with Gasteiger partial charge in [-0.1, -0.05) is 52.3 Å². The van der Waals surface area contributed by atoms with Gasteiger partial charge in [0.05, 0.1) is 5.71 Å². The van der Waals surface area contributed by atoms with Crippen molar-refractivity contribution in [2.75, 3.05) is 24.5 Å². The van der Waals surface area contributed by atoms with Crippen molar-refractivity contribution in [2.24, 2.45) is 10.7 Å². The number of halogens is 1. The smallest absolute Gasteiger partial charge is 0.219 e. The predicted octanol–water partition coefficient (Wildman–Crippen LogP) is 5.47. The highest BCUT2D eigenvalue weighted by Crippen LogP contribution is 2.31. The fourth-order valence-corrected chi connectivity index (χ4v) is 4.24. The number of aliphatic imine (C=N–C) groups is 1. The van der Waals surface area contributed by atoms with Crippen LogP contribution < -0.4 is 10.6 Å². The molecular formula is C25H28BrN3O. The van der Waals surface area contributed by atoms with E-state index in [1.54, 1.807) is 0 Å². The Bertz CT molecular complexity index is 1070. The highest BCUT2D eigenvalue weighted by molar-refractivity contribution is 9.10. The summed E-state index contributed by atoms with van der Waals surface area (Å²) in [7, 11) is 0. The molecule has 30 heavy (non-hydrogen) atoms. The maximum absolute atomic E-state index is 11.3. The number of carbonyl (C=O) groups is 1. The third-order valence-corrected chi connectivity index (χ3v) is 6.04. The van der Waals surface area contributed by atoms with Gasteiger partial charge in [-0.2, -0.15) is 0 Å². The van der Waals surface area contributed by atoms with E-state index < -0.39 is 0 Å². The lowest BCUT2D eigenvalue weighted by Crippen LogP contribution is -2.21. The van der Waals surface area contributed by atoms with Crippen LogP contribution in [0, 0.1) is 6.92 Å². The minimum absolute atomic E-state index is 0.231. The van der Waals surface area contributed by atoms with Crippen LogP contribution >= 0.6 is 15.9 Å². The predicted molar refractivity (Wildman–Crippen MR) is 131 cm³/mol. The number of nitrogens with two attached hydrogens (primary N) is 1. The number of aryl methyl sites for hydroxylation is 1. The first-order valence-corrected chi connectivity index (χ1v) is 11.1. The largest absolute Gasteiger partial charge is 0.372 e. The molecule has 4 nitrogen and oxygen atoms in total. The van der Waals surface area contributed by atoms with Crippen LogP contribution in [0.2, 0.25) is 0 Å². The average Bonchev–Trinajstić information content (AvgIpc) is 2.75. The molecule has 0 fully saturated rings. The number of rotatable bonds is 8. The Hall–Kier alpha value is -2.66. The van der Waals surface area contributed by atoms with Crippen molar-refractivity contribution < 1.29 is 4.79 Å². The van der Waals surface area contributed by atoms with E-state index in [9.17, 15) is 4.79 Å². The van der Waals surface area contributed by atoms with Crippen LogP contribution in [0.15, 0.2) is 64.1 Å². The van der Waals surface area contributed by atoms with Crippen molar-refractivity contribution in [1.82, 2.24) is 0 Å². The lowest BCUT2D eigenvalue weighted by Gasteiger charge is -2.21. The fourth-order valence-electron chi connectivity index (χ4n) is 3.77. The first-order chi connectivity index (χ1) is 14.5. The summed E-state index contributed by atoms with van der Waals surface area (Å²) in [6, 6.07) is 19.0. The van der Waals surface area contributed by atoms with Gasteiger partial charge in [-0.15, -0.1) is 0 Å². The summed E-state index contributed by atoms with van der Waals surface area (Å²) >= 11 is 3.68. The molecule has 156 valence electrons. The monoisotopic (exact) mass is 465 g/mol. The maximum Gasteiger partial charge on any atom is 0.219 e. The van der Waals surface area contributed by atoms with Crippen molar-refractivity contribution in [2.45, 2.75) is 27.2 Å². The van der Waals surface area contributed by atoms with E-state index in [2.05, 4.69) is 96.2 Å². The number of anilines is 1. The normalized spacial score (nSPS) is 11.7. The van der Waals surface area contributed by atoms with Crippen molar-refractivity contribution in [3.8, 4) is 0 Å². The number of hydrogen-bond acceptors (Lipinski definition) is 3. The molecule has 0 aliphatic carbocycles. The number of primary amides is 1. The minimum Gasteiger partial charge on any atom is -0.372 e. The fraction of sp³-hybridized carbons (Fsp3) is 0.280. The van der Waals surface area contributed by atoms with Gasteiger partial charge < -0.3 is 10.6 Å². The Kier molecular flexibility index (Phi) is 7.27. The third kappa shape index (κ3) is 4.73. The Morgan fingerprint density at radius 2 is 1.73 bits per heavy atom. The van der Waals surface area contributed by atoms with E-state index in [4.69, 9.17) is 10.7 Å². The zero-order valence-corrected chi connectivity index (χ0v) is 19.4. The molecular weight excluding hydrogens is 438 g/mol. The van der Waals surface area contributed by atoms with Gasteiger partial charge in [0.1, 0.15) is 0 Å². The summed E-state index contributed by atoms with van der Waals surface area (Å²) < 4.78 is 1.05. The number of fused-ring (bicyclic) bond motifs is 1. The van der Waals surface area contributed by atoms with Gasteiger partial charge >= 0.3 is 0 Å². The molecule has 0 heterocycles. The molecule has 0 spiro atoms. The summed E-state index contributed by atoms with van der Waals surface area (Å²) in [5, 5.41) is 2.31. The van der Waals surface area contributed by atoms with Crippen molar-refractivity contribution >= 4 is 44.0 Å². The molecule has 2 N–H and O–H groups in total. The average molecular weight is 466 g/mol. The summed E-state index contributed by atoms with van der Waals surface area (Å²) in [4.78, 5) is 18.4. The van der Waals surface area contributed by atoms with Gasteiger partial charge in [0, 0.05) is 47.3 Å². The second-order valence-corrected chi connectivity index (χ2v) is 8.11. The van der Waals surface area contributed by atoms with E-state index >= 15 is 0 Å². The third-order valence-electron chi connectivity index (χ3n) is 5.35. The highest BCUT2D eigenvalue weighted by Gasteiger charge is 2.14. The molecule has 0 atom stereocenters. The lowest BCUT2D eigenvalue weighted by atomic mass is 9.93. The van der Waals surface area contributed by atoms with Gasteiger partial charge in [0.25, 0.3) is 0 Å². The number of benzene rings is 3.